The molecule has 112 valence electrons. The van der Waals surface area contributed by atoms with Gasteiger partial charge in [-0.3, -0.25) is 4.79 Å². The van der Waals surface area contributed by atoms with Crippen molar-refractivity contribution in [1.29, 1.82) is 0 Å². The molecule has 1 saturated heterocycles. The average molecular weight is 289 g/mol. The van der Waals surface area contributed by atoms with E-state index in [0.717, 1.165) is 18.2 Å². The summed E-state index contributed by atoms with van der Waals surface area (Å²) in [6, 6.07) is 0.118. The van der Waals surface area contributed by atoms with Crippen molar-refractivity contribution in [3.63, 3.8) is 0 Å². The lowest BCUT2D eigenvalue weighted by Crippen LogP contribution is -2.20. The minimum Gasteiger partial charge on any atom is -0.383 e. The molecule has 21 heavy (non-hydrogen) atoms. The maximum atomic E-state index is 11.7. The molecule has 3 rings (SSSR count). The quantitative estimate of drug-likeness (QED) is 0.816. The zero-order valence-corrected chi connectivity index (χ0v) is 12.3. The second-order valence-electron chi connectivity index (χ2n) is 5.23. The first-order chi connectivity index (χ1) is 10.2. The van der Waals surface area contributed by atoms with E-state index in [4.69, 9.17) is 4.74 Å². The molecule has 7 heteroatoms. The first kappa shape index (κ1) is 13.8. The number of amides is 1. The number of ether oxygens (including phenoxy) is 1. The SMILES string of the molecule is COCCn1ccnc1-c1nccn1C1CC(=O)N(C)C1. The first-order valence-corrected chi connectivity index (χ1v) is 6.98. The lowest BCUT2D eigenvalue weighted by molar-refractivity contribution is -0.126. The van der Waals surface area contributed by atoms with Crippen LogP contribution in [-0.4, -0.2) is 57.2 Å². The van der Waals surface area contributed by atoms with Crippen LogP contribution in [-0.2, 0) is 16.1 Å². The second-order valence-corrected chi connectivity index (χ2v) is 5.23. The molecule has 0 aliphatic carbocycles. The molecule has 0 saturated carbocycles. The van der Waals surface area contributed by atoms with Crippen LogP contribution in [0.3, 0.4) is 0 Å². The molecule has 1 amide bonds. The van der Waals surface area contributed by atoms with Crippen LogP contribution in [0.15, 0.2) is 24.8 Å². The molecule has 2 aromatic heterocycles. The van der Waals surface area contributed by atoms with Crippen molar-refractivity contribution in [2.75, 3.05) is 27.3 Å². The number of hydrogen-bond donors (Lipinski definition) is 0. The van der Waals surface area contributed by atoms with Gasteiger partial charge in [0.15, 0.2) is 11.6 Å². The Morgan fingerprint density at radius 1 is 1.29 bits per heavy atom. The number of imidazole rings is 2. The van der Waals surface area contributed by atoms with Gasteiger partial charge >= 0.3 is 0 Å². The van der Waals surface area contributed by atoms with Crippen molar-refractivity contribution in [2.24, 2.45) is 0 Å². The monoisotopic (exact) mass is 289 g/mol. The molecule has 1 atom stereocenters. The molecule has 3 heterocycles. The summed E-state index contributed by atoms with van der Waals surface area (Å²) in [6.07, 6.45) is 7.86. The van der Waals surface area contributed by atoms with Crippen LogP contribution in [0.4, 0.5) is 0 Å². The van der Waals surface area contributed by atoms with Gasteiger partial charge in [-0.05, 0) is 0 Å². The molecule has 0 spiro atoms. The topological polar surface area (TPSA) is 65.2 Å². The molecule has 0 aromatic carbocycles. The number of aromatic nitrogens is 4. The Balaban J connectivity index is 1.89. The minimum absolute atomic E-state index is 0.118. The average Bonchev–Trinajstić information content (AvgIpc) is 3.17. The lowest BCUT2D eigenvalue weighted by atomic mass is 10.2. The molecule has 0 bridgehead atoms. The number of carbonyl (C=O) groups is 1. The summed E-state index contributed by atoms with van der Waals surface area (Å²) in [5, 5.41) is 0. The maximum Gasteiger partial charge on any atom is 0.224 e. The van der Waals surface area contributed by atoms with Gasteiger partial charge in [0.25, 0.3) is 0 Å². The summed E-state index contributed by atoms with van der Waals surface area (Å²) in [5.74, 6) is 1.77. The minimum atomic E-state index is 0.118. The molecule has 1 fully saturated rings. The number of likely N-dealkylation sites (N-methyl/N-ethyl adjacent to an activating group) is 1. The lowest BCUT2D eigenvalue weighted by Gasteiger charge is -2.15. The van der Waals surface area contributed by atoms with Crippen molar-refractivity contribution in [3.05, 3.63) is 24.8 Å². The Morgan fingerprint density at radius 3 is 2.76 bits per heavy atom. The predicted molar refractivity (Wildman–Crippen MR) is 76.6 cm³/mol. The van der Waals surface area contributed by atoms with Crippen LogP contribution in [0.5, 0.6) is 0 Å². The summed E-state index contributed by atoms with van der Waals surface area (Å²) < 4.78 is 9.18. The predicted octanol–water partition coefficient (Wildman–Crippen LogP) is 0.796. The number of carbonyl (C=O) groups excluding carboxylic acids is 1. The van der Waals surface area contributed by atoms with Crippen LogP contribution >= 0.6 is 0 Å². The van der Waals surface area contributed by atoms with Crippen molar-refractivity contribution >= 4 is 5.91 Å². The van der Waals surface area contributed by atoms with Crippen LogP contribution < -0.4 is 0 Å². The van der Waals surface area contributed by atoms with Gasteiger partial charge in [0.05, 0.1) is 12.6 Å². The Labute approximate surface area is 123 Å². The van der Waals surface area contributed by atoms with E-state index >= 15 is 0 Å². The van der Waals surface area contributed by atoms with Crippen molar-refractivity contribution in [1.82, 2.24) is 24.0 Å². The third kappa shape index (κ3) is 2.56. The van der Waals surface area contributed by atoms with Gasteiger partial charge in [-0.2, -0.15) is 0 Å². The van der Waals surface area contributed by atoms with E-state index < -0.39 is 0 Å². The maximum absolute atomic E-state index is 11.7. The van der Waals surface area contributed by atoms with E-state index in [1.807, 2.05) is 28.6 Å². The van der Waals surface area contributed by atoms with Gasteiger partial charge in [0.2, 0.25) is 5.91 Å². The van der Waals surface area contributed by atoms with Crippen LogP contribution in [0.2, 0.25) is 0 Å². The van der Waals surface area contributed by atoms with E-state index in [9.17, 15) is 4.79 Å². The Kier molecular flexibility index (Phi) is 3.74. The zero-order valence-electron chi connectivity index (χ0n) is 12.3. The van der Waals surface area contributed by atoms with E-state index in [2.05, 4.69) is 9.97 Å². The fourth-order valence-electron chi connectivity index (χ4n) is 2.69. The van der Waals surface area contributed by atoms with Gasteiger partial charge in [-0.1, -0.05) is 0 Å². The van der Waals surface area contributed by atoms with Crippen LogP contribution in [0.25, 0.3) is 11.6 Å². The third-order valence-electron chi connectivity index (χ3n) is 3.83. The second kappa shape index (κ2) is 5.69. The van der Waals surface area contributed by atoms with Crippen molar-refractivity contribution in [2.45, 2.75) is 19.0 Å². The number of likely N-dealkylation sites (tertiary alicyclic amines) is 1. The van der Waals surface area contributed by atoms with Crippen LogP contribution in [0, 0.1) is 0 Å². The highest BCUT2D eigenvalue weighted by Gasteiger charge is 2.30. The molecule has 1 aliphatic rings. The van der Waals surface area contributed by atoms with Crippen LogP contribution in [0.1, 0.15) is 12.5 Å². The largest absolute Gasteiger partial charge is 0.383 e. The van der Waals surface area contributed by atoms with Gasteiger partial charge < -0.3 is 18.8 Å². The zero-order chi connectivity index (χ0) is 14.8. The molecule has 0 radical (unpaired) electrons. The third-order valence-corrected chi connectivity index (χ3v) is 3.83. The fraction of sp³-hybridized carbons (Fsp3) is 0.500. The molecular formula is C14H19N5O2. The van der Waals surface area contributed by atoms with E-state index in [1.54, 1.807) is 24.4 Å². The Bertz CT molecular complexity index is 633. The van der Waals surface area contributed by atoms with Gasteiger partial charge in [0.1, 0.15) is 0 Å². The smallest absolute Gasteiger partial charge is 0.224 e. The number of nitrogens with zero attached hydrogens (tertiary/aromatic N) is 5. The van der Waals surface area contributed by atoms with Gasteiger partial charge in [-0.15, -0.1) is 0 Å². The summed E-state index contributed by atoms with van der Waals surface area (Å²) in [4.78, 5) is 22.3. The summed E-state index contributed by atoms with van der Waals surface area (Å²) in [6.45, 7) is 2.05. The Hall–Kier alpha value is -2.15. The summed E-state index contributed by atoms with van der Waals surface area (Å²) >= 11 is 0. The normalized spacial score (nSPS) is 18.7. The van der Waals surface area contributed by atoms with E-state index in [1.165, 1.54) is 0 Å². The van der Waals surface area contributed by atoms with Gasteiger partial charge in [-0.25, -0.2) is 9.97 Å². The van der Waals surface area contributed by atoms with Crippen molar-refractivity contribution < 1.29 is 9.53 Å². The molecule has 1 aliphatic heterocycles. The van der Waals surface area contributed by atoms with E-state index in [-0.39, 0.29) is 11.9 Å². The molecule has 2 aromatic rings. The molecular weight excluding hydrogens is 270 g/mol. The number of hydrogen-bond acceptors (Lipinski definition) is 4. The first-order valence-electron chi connectivity index (χ1n) is 6.98. The highest BCUT2D eigenvalue weighted by molar-refractivity contribution is 5.78. The highest BCUT2D eigenvalue weighted by Crippen LogP contribution is 2.26. The fourth-order valence-corrected chi connectivity index (χ4v) is 2.69. The standard InChI is InChI=1S/C14H19N5O2/c1-17-10-11(9-12(17)20)19-6-4-16-14(19)13-15-3-5-18(13)7-8-21-2/h3-6,11H,7-10H2,1-2H3. The van der Waals surface area contributed by atoms with Crippen molar-refractivity contribution in [3.8, 4) is 11.6 Å². The number of rotatable bonds is 5. The molecule has 1 unspecified atom stereocenters. The van der Waals surface area contributed by atoms with Gasteiger partial charge in [0, 0.05) is 58.5 Å². The summed E-state index contributed by atoms with van der Waals surface area (Å²) in [7, 11) is 3.51. The Morgan fingerprint density at radius 2 is 2.05 bits per heavy atom. The van der Waals surface area contributed by atoms with E-state index in [0.29, 0.717) is 19.6 Å². The highest BCUT2D eigenvalue weighted by atomic mass is 16.5. The summed E-state index contributed by atoms with van der Waals surface area (Å²) in [5.41, 5.74) is 0. The number of methoxy groups -OCH3 is 1. The molecule has 7 nitrogen and oxygen atoms in total. The molecule has 0 N–H and O–H groups in total.